The molecule has 1 aliphatic carbocycles. The van der Waals surface area contributed by atoms with Crippen molar-refractivity contribution >= 4 is 28.9 Å². The van der Waals surface area contributed by atoms with Gasteiger partial charge in [-0.05, 0) is 76.3 Å². The molecular weight excluding hydrogens is 483 g/mol. The van der Waals surface area contributed by atoms with Gasteiger partial charge in [0.2, 0.25) is 5.91 Å². The predicted octanol–water partition coefficient (Wildman–Crippen LogP) is 4.37. The lowest BCUT2D eigenvalue weighted by Crippen LogP contribution is -2.53. The highest BCUT2D eigenvalue weighted by Gasteiger charge is 2.36. The van der Waals surface area contributed by atoms with Crippen LogP contribution in [0.4, 0.5) is 15.9 Å². The number of rotatable bonds is 10. The Balaban J connectivity index is 1.61. The maximum atomic E-state index is 13.8. The van der Waals surface area contributed by atoms with Gasteiger partial charge in [0.05, 0.1) is 23.5 Å². The highest BCUT2D eigenvalue weighted by molar-refractivity contribution is 6.42. The number of hydrogen-bond donors (Lipinski definition) is 3. The molecule has 204 valence electrons. The van der Waals surface area contributed by atoms with E-state index in [2.05, 4.69) is 20.6 Å². The Morgan fingerprint density at radius 1 is 1.18 bits per heavy atom. The van der Waals surface area contributed by atoms with E-state index in [0.29, 0.717) is 36.7 Å². The number of ketones is 1. The number of nitrogens with one attached hydrogen (secondary N) is 3. The van der Waals surface area contributed by atoms with Crippen LogP contribution in [0.2, 0.25) is 0 Å². The number of nitrogens with zero attached hydrogens (tertiary/aromatic N) is 3. The van der Waals surface area contributed by atoms with E-state index in [4.69, 9.17) is 5.41 Å². The number of likely N-dealkylation sites (N-methyl/N-ethyl adjacent to an activating group) is 1. The van der Waals surface area contributed by atoms with Crippen molar-refractivity contribution in [2.24, 2.45) is 5.92 Å². The van der Waals surface area contributed by atoms with Gasteiger partial charge < -0.3 is 20.9 Å². The second kappa shape index (κ2) is 12.1. The normalized spacial score (nSPS) is 18.0. The first-order valence-electron chi connectivity index (χ1n) is 13.7. The number of anilines is 2. The zero-order chi connectivity index (χ0) is 27.4. The summed E-state index contributed by atoms with van der Waals surface area (Å²) in [6.45, 7) is 6.17. The minimum Gasteiger partial charge on any atom is -0.344 e. The topological polar surface area (TPSA) is 111 Å². The van der Waals surface area contributed by atoms with Gasteiger partial charge in [-0.25, -0.2) is 14.4 Å². The van der Waals surface area contributed by atoms with Crippen LogP contribution in [0.5, 0.6) is 0 Å². The third-order valence-corrected chi connectivity index (χ3v) is 7.96. The number of hydrogen-bond acceptors (Lipinski definition) is 7. The van der Waals surface area contributed by atoms with Gasteiger partial charge >= 0.3 is 0 Å². The van der Waals surface area contributed by atoms with Gasteiger partial charge in [0, 0.05) is 24.2 Å². The van der Waals surface area contributed by atoms with Crippen LogP contribution in [0, 0.1) is 24.1 Å². The van der Waals surface area contributed by atoms with Crippen molar-refractivity contribution in [3.8, 4) is 0 Å². The van der Waals surface area contributed by atoms with E-state index in [0.717, 1.165) is 43.4 Å². The molecule has 1 aliphatic heterocycles. The highest BCUT2D eigenvalue weighted by Crippen LogP contribution is 2.35. The number of fused-ring (bicyclic) bond motifs is 1. The first kappa shape index (κ1) is 27.8. The summed E-state index contributed by atoms with van der Waals surface area (Å²) >= 11 is 0. The average molecular weight is 523 g/mol. The number of benzene rings is 1. The number of aromatic nitrogens is 2. The van der Waals surface area contributed by atoms with Crippen molar-refractivity contribution in [3.05, 3.63) is 47.2 Å². The lowest BCUT2D eigenvalue weighted by Gasteiger charge is -2.32. The summed E-state index contributed by atoms with van der Waals surface area (Å²) < 4.78 is 13.7. The van der Waals surface area contributed by atoms with Gasteiger partial charge in [-0.2, -0.15) is 0 Å². The molecule has 2 heterocycles. The number of carbonyl (C=O) groups excluding carboxylic acids is 2. The lowest BCUT2D eigenvalue weighted by atomic mass is 9.79. The molecule has 0 saturated heterocycles. The standard InChI is InChI=1S/C29H39FN6O2/c1-5-22(26(31)28(37)27(19-9-7-6-8-10-19)35-29(38)17(2)32-4)23-16-25(34-18(3)33-23)36-14-13-20-15-21(30)11-12-24(20)36/h11-12,15-17,19,22,27,31-32H,5-10,13-14H2,1-4H3,(H,35,38)/t17-,22-,27-/m0/s1. The molecule has 4 rings (SSSR count). The molecule has 0 bridgehead atoms. The molecular formula is C29H39FN6O2. The van der Waals surface area contributed by atoms with Crippen LogP contribution in [-0.2, 0) is 16.0 Å². The quantitative estimate of drug-likeness (QED) is 0.400. The molecule has 1 amide bonds. The van der Waals surface area contributed by atoms with Crippen molar-refractivity contribution in [2.75, 3.05) is 18.5 Å². The fraction of sp³-hybridized carbons (Fsp3) is 0.552. The Bertz CT molecular complexity index is 1200. The third-order valence-electron chi connectivity index (χ3n) is 7.96. The maximum absolute atomic E-state index is 13.8. The van der Waals surface area contributed by atoms with Crippen LogP contribution in [0.15, 0.2) is 24.3 Å². The van der Waals surface area contributed by atoms with Gasteiger partial charge in [-0.15, -0.1) is 0 Å². The zero-order valence-electron chi connectivity index (χ0n) is 22.8. The molecule has 8 nitrogen and oxygen atoms in total. The molecule has 1 fully saturated rings. The Kier molecular flexibility index (Phi) is 8.87. The second-order valence-corrected chi connectivity index (χ2v) is 10.5. The molecule has 1 saturated carbocycles. The molecule has 3 atom stereocenters. The molecule has 1 aromatic carbocycles. The van der Waals surface area contributed by atoms with Gasteiger partial charge in [0.1, 0.15) is 17.5 Å². The SMILES string of the molecule is CC[C@H](C(=N)C(=O)[C@@H](NC(=O)[C@H](C)NC)C1CCCCC1)c1cc(N2CCc3cc(F)ccc32)nc(C)n1. The largest absolute Gasteiger partial charge is 0.344 e. The van der Waals surface area contributed by atoms with Crippen molar-refractivity contribution in [3.63, 3.8) is 0 Å². The van der Waals surface area contributed by atoms with Crippen LogP contribution < -0.4 is 15.5 Å². The Hall–Kier alpha value is -3.20. The van der Waals surface area contributed by atoms with E-state index in [1.165, 1.54) is 6.07 Å². The van der Waals surface area contributed by atoms with Crippen LogP contribution in [0.3, 0.4) is 0 Å². The molecule has 2 aliphatic rings. The van der Waals surface area contributed by atoms with Crippen LogP contribution in [0.25, 0.3) is 0 Å². The predicted molar refractivity (Wildman–Crippen MR) is 147 cm³/mol. The van der Waals surface area contributed by atoms with Crippen molar-refractivity contribution in [1.82, 2.24) is 20.6 Å². The first-order chi connectivity index (χ1) is 18.2. The van der Waals surface area contributed by atoms with Crippen LogP contribution in [-0.4, -0.2) is 53.0 Å². The van der Waals surface area contributed by atoms with Gasteiger partial charge in [0.15, 0.2) is 5.78 Å². The maximum Gasteiger partial charge on any atom is 0.237 e. The van der Waals surface area contributed by atoms with Crippen LogP contribution in [0.1, 0.15) is 75.4 Å². The Labute approximate surface area is 224 Å². The zero-order valence-corrected chi connectivity index (χ0v) is 22.8. The molecule has 1 aromatic heterocycles. The molecule has 0 radical (unpaired) electrons. The second-order valence-electron chi connectivity index (χ2n) is 10.5. The van der Waals surface area contributed by atoms with Crippen molar-refractivity contribution in [1.29, 1.82) is 5.41 Å². The van der Waals surface area contributed by atoms with E-state index in [1.54, 1.807) is 33.0 Å². The summed E-state index contributed by atoms with van der Waals surface area (Å²) in [6.07, 6.45) is 6.12. The summed E-state index contributed by atoms with van der Waals surface area (Å²) in [5.41, 5.74) is 2.42. The fourth-order valence-electron chi connectivity index (χ4n) is 5.67. The third kappa shape index (κ3) is 5.93. The smallest absolute Gasteiger partial charge is 0.237 e. The number of amides is 1. The highest BCUT2D eigenvalue weighted by atomic mass is 19.1. The fourth-order valence-corrected chi connectivity index (χ4v) is 5.67. The number of carbonyl (C=O) groups is 2. The summed E-state index contributed by atoms with van der Waals surface area (Å²) in [4.78, 5) is 37.9. The van der Waals surface area contributed by atoms with Gasteiger partial charge in [-0.1, -0.05) is 26.2 Å². The van der Waals surface area contributed by atoms with Crippen molar-refractivity contribution in [2.45, 2.75) is 83.7 Å². The Morgan fingerprint density at radius 2 is 1.92 bits per heavy atom. The van der Waals surface area contributed by atoms with Crippen LogP contribution >= 0.6 is 0 Å². The van der Waals surface area contributed by atoms with Crippen molar-refractivity contribution < 1.29 is 14.0 Å². The summed E-state index contributed by atoms with van der Waals surface area (Å²) in [5.74, 6) is -0.105. The lowest BCUT2D eigenvalue weighted by molar-refractivity contribution is -0.127. The van der Waals surface area contributed by atoms with Gasteiger partial charge in [0.25, 0.3) is 0 Å². The summed E-state index contributed by atoms with van der Waals surface area (Å²) in [5, 5.41) is 14.9. The summed E-state index contributed by atoms with van der Waals surface area (Å²) in [7, 11) is 1.71. The average Bonchev–Trinajstić information content (AvgIpc) is 3.34. The molecule has 0 spiro atoms. The van der Waals surface area contributed by atoms with E-state index < -0.39 is 18.0 Å². The molecule has 3 N–H and O–H groups in total. The monoisotopic (exact) mass is 522 g/mol. The van der Waals surface area contributed by atoms with Gasteiger partial charge in [-0.3, -0.25) is 9.59 Å². The molecule has 2 aromatic rings. The number of aryl methyl sites for hydroxylation is 1. The van der Waals surface area contributed by atoms with E-state index in [1.807, 2.05) is 17.9 Å². The minimum absolute atomic E-state index is 0.0197. The number of Topliss-reactive ketones (excluding diaryl/α,β-unsaturated/α-hetero) is 1. The first-order valence-corrected chi connectivity index (χ1v) is 13.7. The Morgan fingerprint density at radius 3 is 2.61 bits per heavy atom. The minimum atomic E-state index is -0.720. The summed E-state index contributed by atoms with van der Waals surface area (Å²) in [6, 6.07) is 5.46. The molecule has 38 heavy (non-hydrogen) atoms. The van der Waals surface area contributed by atoms with E-state index >= 15 is 0 Å². The van der Waals surface area contributed by atoms with E-state index in [9.17, 15) is 14.0 Å². The van der Waals surface area contributed by atoms with E-state index in [-0.39, 0.29) is 29.1 Å². The molecule has 9 heteroatoms. The number of halogens is 1. The molecule has 0 unspecified atom stereocenters.